The second-order valence-corrected chi connectivity index (χ2v) is 7.17. The summed E-state index contributed by atoms with van der Waals surface area (Å²) in [6.45, 7) is 0. The molecule has 1 aromatic carbocycles. The summed E-state index contributed by atoms with van der Waals surface area (Å²) in [5.41, 5.74) is 0.711. The van der Waals surface area contributed by atoms with E-state index in [1.165, 1.54) is 12.1 Å². The largest absolute Gasteiger partial charge is 0.381 e. The lowest BCUT2D eigenvalue weighted by Crippen LogP contribution is -2.18. The maximum Gasteiger partial charge on any atom is 0.229 e. The Labute approximate surface area is 110 Å². The van der Waals surface area contributed by atoms with E-state index in [1.807, 2.05) is 11.8 Å². The lowest BCUT2D eigenvalue weighted by molar-refractivity contribution is 0.604. The van der Waals surface area contributed by atoms with Crippen molar-refractivity contribution >= 4 is 33.2 Å². The van der Waals surface area contributed by atoms with Gasteiger partial charge in [0.25, 0.3) is 0 Å². The van der Waals surface area contributed by atoms with Crippen LogP contribution in [0.3, 0.4) is 0 Å². The molecule has 0 bridgehead atoms. The predicted octanol–water partition coefficient (Wildman–Crippen LogP) is 2.11. The van der Waals surface area contributed by atoms with Gasteiger partial charge in [-0.3, -0.25) is 4.72 Å². The van der Waals surface area contributed by atoms with Gasteiger partial charge in [0.15, 0.2) is 0 Å². The minimum Gasteiger partial charge on any atom is -0.381 e. The molecule has 0 radical (unpaired) electrons. The first-order valence-corrected chi connectivity index (χ1v) is 8.60. The molecule has 100 valence electrons. The Morgan fingerprint density at radius 2 is 2.22 bits per heavy atom. The smallest absolute Gasteiger partial charge is 0.229 e. The zero-order valence-electron chi connectivity index (χ0n) is 9.94. The molecule has 1 heterocycles. The summed E-state index contributed by atoms with van der Waals surface area (Å²) in [6.07, 6.45) is 2.07. The van der Waals surface area contributed by atoms with Gasteiger partial charge in [0.05, 0.1) is 11.9 Å². The quantitative estimate of drug-likeness (QED) is 0.892. The number of nitrogens with one attached hydrogen (secondary N) is 2. The number of anilines is 2. The van der Waals surface area contributed by atoms with Crippen LogP contribution in [0.1, 0.15) is 6.42 Å². The fraction of sp³-hybridized carbons (Fsp3) is 0.455. The van der Waals surface area contributed by atoms with Crippen LogP contribution in [0.5, 0.6) is 0 Å². The first kappa shape index (κ1) is 13.5. The molecule has 1 saturated heterocycles. The van der Waals surface area contributed by atoms with Crippen molar-refractivity contribution in [2.75, 3.05) is 27.8 Å². The zero-order chi connectivity index (χ0) is 13.2. The molecule has 2 rings (SSSR count). The molecule has 1 unspecified atom stereocenters. The first-order chi connectivity index (χ1) is 8.44. The fourth-order valence-corrected chi connectivity index (χ4v) is 3.49. The van der Waals surface area contributed by atoms with Crippen molar-refractivity contribution in [2.24, 2.45) is 0 Å². The van der Waals surface area contributed by atoms with Crippen LogP contribution in [0.4, 0.5) is 15.8 Å². The Morgan fingerprint density at radius 1 is 1.44 bits per heavy atom. The Morgan fingerprint density at radius 3 is 2.83 bits per heavy atom. The highest BCUT2D eigenvalue weighted by Gasteiger charge is 2.16. The number of halogens is 1. The van der Waals surface area contributed by atoms with E-state index in [4.69, 9.17) is 0 Å². The molecule has 0 saturated carbocycles. The van der Waals surface area contributed by atoms with Gasteiger partial charge in [-0.2, -0.15) is 11.8 Å². The molecule has 1 fully saturated rings. The third kappa shape index (κ3) is 3.78. The maximum atomic E-state index is 13.5. The first-order valence-electron chi connectivity index (χ1n) is 5.56. The van der Waals surface area contributed by atoms with E-state index in [0.29, 0.717) is 6.04 Å². The highest BCUT2D eigenvalue weighted by Crippen LogP contribution is 2.25. The lowest BCUT2D eigenvalue weighted by atomic mass is 10.2. The zero-order valence-corrected chi connectivity index (χ0v) is 11.6. The van der Waals surface area contributed by atoms with E-state index in [2.05, 4.69) is 10.0 Å². The molecule has 18 heavy (non-hydrogen) atoms. The second-order valence-electron chi connectivity index (χ2n) is 4.27. The van der Waals surface area contributed by atoms with E-state index in [9.17, 15) is 12.8 Å². The number of hydrogen-bond donors (Lipinski definition) is 2. The van der Waals surface area contributed by atoms with Crippen molar-refractivity contribution < 1.29 is 12.8 Å². The molecule has 0 aromatic heterocycles. The van der Waals surface area contributed by atoms with Crippen molar-refractivity contribution in [2.45, 2.75) is 12.5 Å². The number of rotatable bonds is 4. The molecule has 1 aliphatic rings. The van der Waals surface area contributed by atoms with Gasteiger partial charge >= 0.3 is 0 Å². The van der Waals surface area contributed by atoms with Crippen LogP contribution in [0.2, 0.25) is 0 Å². The summed E-state index contributed by atoms with van der Waals surface area (Å²) in [5.74, 6) is 1.56. The van der Waals surface area contributed by atoms with E-state index < -0.39 is 15.8 Å². The lowest BCUT2D eigenvalue weighted by Gasteiger charge is -2.14. The van der Waals surface area contributed by atoms with Gasteiger partial charge in [0, 0.05) is 17.5 Å². The van der Waals surface area contributed by atoms with Crippen LogP contribution in [-0.4, -0.2) is 32.2 Å². The SMILES string of the molecule is CS(=O)(=O)Nc1cc(NC2CCSC2)ccc1F. The summed E-state index contributed by atoms with van der Waals surface area (Å²) in [7, 11) is -3.47. The van der Waals surface area contributed by atoms with Crippen LogP contribution in [0.15, 0.2) is 18.2 Å². The normalized spacial score (nSPS) is 19.8. The molecule has 2 N–H and O–H groups in total. The van der Waals surface area contributed by atoms with Gasteiger partial charge in [-0.25, -0.2) is 12.8 Å². The van der Waals surface area contributed by atoms with Gasteiger partial charge in [-0.1, -0.05) is 0 Å². The Balaban J connectivity index is 2.15. The van der Waals surface area contributed by atoms with E-state index in [-0.39, 0.29) is 5.69 Å². The van der Waals surface area contributed by atoms with Crippen molar-refractivity contribution in [3.8, 4) is 0 Å². The summed E-state index contributed by atoms with van der Waals surface area (Å²) in [4.78, 5) is 0. The molecule has 4 nitrogen and oxygen atoms in total. The van der Waals surface area contributed by atoms with Gasteiger partial charge in [0.1, 0.15) is 5.82 Å². The second kappa shape index (κ2) is 5.36. The number of hydrogen-bond acceptors (Lipinski definition) is 4. The van der Waals surface area contributed by atoms with Gasteiger partial charge in [0.2, 0.25) is 10.0 Å². The highest BCUT2D eigenvalue weighted by atomic mass is 32.2. The monoisotopic (exact) mass is 290 g/mol. The molecule has 1 aliphatic heterocycles. The van der Waals surface area contributed by atoms with Gasteiger partial charge in [-0.05, 0) is 30.4 Å². The average Bonchev–Trinajstić information content (AvgIpc) is 2.74. The third-order valence-electron chi connectivity index (χ3n) is 2.56. The summed E-state index contributed by atoms with van der Waals surface area (Å²) < 4.78 is 37.8. The molecule has 1 atom stereocenters. The molecule has 7 heteroatoms. The Bertz CT molecular complexity index is 528. The highest BCUT2D eigenvalue weighted by molar-refractivity contribution is 7.99. The number of benzene rings is 1. The Kier molecular flexibility index (Phi) is 4.01. The van der Waals surface area contributed by atoms with Crippen LogP contribution in [0, 0.1) is 5.82 Å². The van der Waals surface area contributed by atoms with Gasteiger partial charge in [-0.15, -0.1) is 0 Å². The average molecular weight is 290 g/mol. The summed E-state index contributed by atoms with van der Waals surface area (Å²) in [6, 6.07) is 4.73. The van der Waals surface area contributed by atoms with Crippen molar-refractivity contribution in [3.05, 3.63) is 24.0 Å². The van der Waals surface area contributed by atoms with Crippen molar-refractivity contribution in [3.63, 3.8) is 0 Å². The third-order valence-corrected chi connectivity index (χ3v) is 4.32. The van der Waals surface area contributed by atoms with E-state index in [0.717, 1.165) is 29.9 Å². The molecular formula is C11H15FN2O2S2. The van der Waals surface area contributed by atoms with Crippen LogP contribution >= 0.6 is 11.8 Å². The number of sulfonamides is 1. The Hall–Kier alpha value is -0.950. The molecule has 0 spiro atoms. The summed E-state index contributed by atoms with van der Waals surface area (Å²) in [5, 5.41) is 3.27. The van der Waals surface area contributed by atoms with E-state index >= 15 is 0 Å². The van der Waals surface area contributed by atoms with E-state index in [1.54, 1.807) is 6.07 Å². The van der Waals surface area contributed by atoms with Crippen LogP contribution < -0.4 is 10.0 Å². The summed E-state index contributed by atoms with van der Waals surface area (Å²) >= 11 is 1.87. The molecule has 0 aliphatic carbocycles. The number of thioether (sulfide) groups is 1. The van der Waals surface area contributed by atoms with Crippen molar-refractivity contribution in [1.29, 1.82) is 0 Å². The topological polar surface area (TPSA) is 58.2 Å². The minimum atomic E-state index is -3.47. The predicted molar refractivity (Wildman–Crippen MR) is 74.2 cm³/mol. The van der Waals surface area contributed by atoms with Crippen LogP contribution in [-0.2, 0) is 10.0 Å². The fourth-order valence-electron chi connectivity index (χ4n) is 1.78. The standard InChI is InChI=1S/C11H15FN2O2S2/c1-18(15,16)14-11-6-8(2-3-10(11)12)13-9-4-5-17-7-9/h2-3,6,9,13-14H,4-5,7H2,1H3. The van der Waals surface area contributed by atoms with Gasteiger partial charge < -0.3 is 5.32 Å². The maximum absolute atomic E-state index is 13.5. The molecular weight excluding hydrogens is 275 g/mol. The van der Waals surface area contributed by atoms with Crippen LogP contribution in [0.25, 0.3) is 0 Å². The molecule has 0 amide bonds. The molecule has 1 aromatic rings. The van der Waals surface area contributed by atoms with Crippen molar-refractivity contribution in [1.82, 2.24) is 0 Å². The minimum absolute atomic E-state index is 0.0202.